The number of hydrogen-bond donors (Lipinski definition) is 1. The van der Waals surface area contributed by atoms with Crippen molar-refractivity contribution in [3.8, 4) is 5.75 Å². The highest BCUT2D eigenvalue weighted by Gasteiger charge is 2.34. The highest BCUT2D eigenvalue weighted by Crippen LogP contribution is 2.28. The average Bonchev–Trinajstić information content (AvgIpc) is 3.39. The molecule has 10 heteroatoms. The Hall–Kier alpha value is -4.11. The number of benzene rings is 2. The standard InChI is InChI=1S/C24H18ClFN2O6/c1-32-23(30)21-9-7-17(34-21)12-28-22(29)19(27-24(28)31)11-15-10-16(25)6-8-20(15)33-13-14-4-2-3-5-18(14)26/h2-11H,12-13H2,1H3,(H,27,31)/b19-11-. The van der Waals surface area contributed by atoms with Crippen molar-refractivity contribution in [2.45, 2.75) is 13.2 Å². The number of carbonyl (C=O) groups is 3. The maximum atomic E-state index is 13.9. The SMILES string of the molecule is COC(=O)c1ccc(CN2C(=O)N/C(=C\c3cc(Cl)ccc3OCc3ccccc3F)C2=O)o1. The molecule has 1 aliphatic heterocycles. The van der Waals surface area contributed by atoms with Crippen molar-refractivity contribution in [1.29, 1.82) is 0 Å². The van der Waals surface area contributed by atoms with Crippen LogP contribution < -0.4 is 10.1 Å². The third kappa shape index (κ3) is 4.94. The first-order chi connectivity index (χ1) is 16.4. The van der Waals surface area contributed by atoms with Gasteiger partial charge in [-0.1, -0.05) is 29.8 Å². The topological polar surface area (TPSA) is 98.1 Å². The van der Waals surface area contributed by atoms with Gasteiger partial charge in [-0.05, 0) is 42.5 Å². The van der Waals surface area contributed by atoms with Crippen LogP contribution in [0.4, 0.5) is 9.18 Å². The summed E-state index contributed by atoms with van der Waals surface area (Å²) in [5, 5.41) is 2.88. The molecule has 1 aromatic heterocycles. The van der Waals surface area contributed by atoms with Crippen LogP contribution in [0.15, 0.2) is 64.7 Å². The van der Waals surface area contributed by atoms with E-state index >= 15 is 0 Å². The normalized spacial score (nSPS) is 14.4. The van der Waals surface area contributed by atoms with Crippen LogP contribution in [0.3, 0.4) is 0 Å². The molecule has 0 saturated carbocycles. The lowest BCUT2D eigenvalue weighted by Crippen LogP contribution is -2.30. The van der Waals surface area contributed by atoms with Gasteiger partial charge in [-0.3, -0.25) is 9.69 Å². The van der Waals surface area contributed by atoms with Gasteiger partial charge < -0.3 is 19.2 Å². The van der Waals surface area contributed by atoms with Gasteiger partial charge >= 0.3 is 12.0 Å². The van der Waals surface area contributed by atoms with Gasteiger partial charge in [0, 0.05) is 16.1 Å². The molecule has 1 saturated heterocycles. The van der Waals surface area contributed by atoms with E-state index in [0.29, 0.717) is 21.9 Å². The van der Waals surface area contributed by atoms with Crippen LogP contribution >= 0.6 is 11.6 Å². The molecule has 0 bridgehead atoms. The summed E-state index contributed by atoms with van der Waals surface area (Å²) in [6.45, 7) is -0.233. The van der Waals surface area contributed by atoms with E-state index < -0.39 is 23.7 Å². The zero-order chi connectivity index (χ0) is 24.2. The number of urea groups is 1. The number of rotatable bonds is 7. The maximum Gasteiger partial charge on any atom is 0.373 e. The number of furan rings is 1. The summed E-state index contributed by atoms with van der Waals surface area (Å²) in [6.07, 6.45) is 1.42. The number of halogens is 2. The Morgan fingerprint density at radius 2 is 1.97 bits per heavy atom. The number of imide groups is 1. The quantitative estimate of drug-likeness (QED) is 0.300. The van der Waals surface area contributed by atoms with E-state index in [9.17, 15) is 18.8 Å². The summed E-state index contributed by atoms with van der Waals surface area (Å²) in [4.78, 5) is 37.7. The largest absolute Gasteiger partial charge is 0.488 e. The second-order valence-corrected chi connectivity index (χ2v) is 7.64. The van der Waals surface area contributed by atoms with E-state index in [1.807, 2.05) is 0 Å². The predicted octanol–water partition coefficient (Wildman–Crippen LogP) is 4.53. The minimum Gasteiger partial charge on any atom is -0.488 e. The van der Waals surface area contributed by atoms with Gasteiger partial charge in [0.25, 0.3) is 5.91 Å². The first-order valence-corrected chi connectivity index (χ1v) is 10.4. The minimum atomic E-state index is -0.673. The molecule has 0 spiro atoms. The Balaban J connectivity index is 1.53. The van der Waals surface area contributed by atoms with E-state index in [0.717, 1.165) is 4.90 Å². The number of ether oxygens (including phenoxy) is 2. The highest BCUT2D eigenvalue weighted by molar-refractivity contribution is 6.30. The van der Waals surface area contributed by atoms with Crippen molar-refractivity contribution in [3.63, 3.8) is 0 Å². The molecule has 0 atom stereocenters. The first-order valence-electron chi connectivity index (χ1n) is 10.0. The van der Waals surface area contributed by atoms with Gasteiger partial charge in [-0.2, -0.15) is 0 Å². The van der Waals surface area contributed by atoms with Crippen molar-refractivity contribution in [2.75, 3.05) is 7.11 Å². The molecule has 0 unspecified atom stereocenters. The fourth-order valence-corrected chi connectivity index (χ4v) is 3.41. The van der Waals surface area contributed by atoms with Gasteiger partial charge in [0.2, 0.25) is 5.76 Å². The number of carbonyl (C=O) groups excluding carboxylic acids is 3. The number of amides is 3. The second kappa shape index (κ2) is 9.80. The molecule has 174 valence electrons. The summed E-state index contributed by atoms with van der Waals surface area (Å²) >= 11 is 6.11. The van der Waals surface area contributed by atoms with E-state index in [1.165, 1.54) is 31.4 Å². The van der Waals surface area contributed by atoms with E-state index in [-0.39, 0.29) is 30.4 Å². The van der Waals surface area contributed by atoms with Gasteiger partial charge in [-0.15, -0.1) is 0 Å². The van der Waals surface area contributed by atoms with Crippen LogP contribution in [0.2, 0.25) is 5.02 Å². The molecule has 1 fully saturated rings. The molecule has 0 aliphatic carbocycles. The van der Waals surface area contributed by atoms with Crippen LogP contribution in [-0.4, -0.2) is 29.9 Å². The summed E-state index contributed by atoms with van der Waals surface area (Å²) < 4.78 is 29.6. The van der Waals surface area contributed by atoms with E-state index in [4.69, 9.17) is 20.8 Å². The van der Waals surface area contributed by atoms with Crippen molar-refractivity contribution in [1.82, 2.24) is 10.2 Å². The lowest BCUT2D eigenvalue weighted by atomic mass is 10.1. The smallest absolute Gasteiger partial charge is 0.373 e. The van der Waals surface area contributed by atoms with Crippen LogP contribution in [0.1, 0.15) is 27.4 Å². The molecule has 2 heterocycles. The maximum absolute atomic E-state index is 13.9. The zero-order valence-electron chi connectivity index (χ0n) is 17.8. The van der Waals surface area contributed by atoms with Crippen LogP contribution in [0.25, 0.3) is 6.08 Å². The average molecular weight is 485 g/mol. The summed E-state index contributed by atoms with van der Waals surface area (Å²) in [7, 11) is 1.21. The number of nitrogens with zero attached hydrogens (tertiary/aromatic N) is 1. The Kier molecular flexibility index (Phi) is 6.65. The molecule has 0 radical (unpaired) electrons. The van der Waals surface area contributed by atoms with Crippen molar-refractivity contribution in [2.24, 2.45) is 0 Å². The van der Waals surface area contributed by atoms with Gasteiger partial charge in [-0.25, -0.2) is 14.0 Å². The lowest BCUT2D eigenvalue weighted by Gasteiger charge is -2.11. The molecule has 34 heavy (non-hydrogen) atoms. The third-order valence-corrected chi connectivity index (χ3v) is 5.17. The fraction of sp³-hybridized carbons (Fsp3) is 0.125. The summed E-state index contributed by atoms with van der Waals surface area (Å²) in [6, 6.07) is 13.1. The van der Waals surface area contributed by atoms with Crippen LogP contribution in [-0.2, 0) is 22.7 Å². The molecule has 1 aliphatic rings. The number of methoxy groups -OCH3 is 1. The van der Waals surface area contributed by atoms with Gasteiger partial charge in [0.1, 0.15) is 29.6 Å². The zero-order valence-corrected chi connectivity index (χ0v) is 18.6. The molecule has 2 aromatic carbocycles. The van der Waals surface area contributed by atoms with Crippen molar-refractivity contribution >= 4 is 35.6 Å². The van der Waals surface area contributed by atoms with Crippen LogP contribution in [0.5, 0.6) is 5.75 Å². The Bertz CT molecular complexity index is 1300. The molecule has 3 aromatic rings. The molecular weight excluding hydrogens is 467 g/mol. The van der Waals surface area contributed by atoms with Gasteiger partial charge in [0.15, 0.2) is 0 Å². The number of hydrogen-bond acceptors (Lipinski definition) is 6. The van der Waals surface area contributed by atoms with Crippen molar-refractivity contribution in [3.05, 3.63) is 93.8 Å². The molecule has 3 amide bonds. The fourth-order valence-electron chi connectivity index (χ4n) is 3.23. The molecular formula is C24H18ClFN2O6. The summed E-state index contributed by atoms with van der Waals surface area (Å²) in [5.74, 6) is -1.17. The van der Waals surface area contributed by atoms with E-state index in [1.54, 1.807) is 36.4 Å². The summed E-state index contributed by atoms with van der Waals surface area (Å²) in [5.41, 5.74) is 0.764. The Morgan fingerprint density at radius 3 is 2.74 bits per heavy atom. The predicted molar refractivity (Wildman–Crippen MR) is 119 cm³/mol. The molecule has 4 rings (SSSR count). The highest BCUT2D eigenvalue weighted by atomic mass is 35.5. The van der Waals surface area contributed by atoms with Crippen molar-refractivity contribution < 1.29 is 32.7 Å². The van der Waals surface area contributed by atoms with Crippen LogP contribution in [0, 0.1) is 5.82 Å². The minimum absolute atomic E-state index is 0.0113. The lowest BCUT2D eigenvalue weighted by molar-refractivity contribution is -0.123. The van der Waals surface area contributed by atoms with Gasteiger partial charge in [0.05, 0.1) is 13.7 Å². The monoisotopic (exact) mass is 484 g/mol. The molecule has 8 nitrogen and oxygen atoms in total. The molecule has 1 N–H and O–H groups in total. The number of esters is 1. The van der Waals surface area contributed by atoms with E-state index in [2.05, 4.69) is 10.1 Å². The third-order valence-electron chi connectivity index (χ3n) is 4.94. The Labute approximate surface area is 198 Å². The first kappa shape index (κ1) is 23.1. The Morgan fingerprint density at radius 1 is 1.18 bits per heavy atom. The number of nitrogens with one attached hydrogen (secondary N) is 1. The second-order valence-electron chi connectivity index (χ2n) is 7.20.